The molecule has 0 aromatic heterocycles. The van der Waals surface area contributed by atoms with Gasteiger partial charge in [-0.15, -0.1) is 0 Å². The van der Waals surface area contributed by atoms with Crippen LogP contribution in [0.25, 0.3) is 6.08 Å². The Morgan fingerprint density at radius 2 is 1.93 bits per heavy atom. The highest BCUT2D eigenvalue weighted by atomic mass is 16.6. The van der Waals surface area contributed by atoms with E-state index >= 15 is 0 Å². The summed E-state index contributed by atoms with van der Waals surface area (Å²) >= 11 is 0. The zero-order valence-corrected chi connectivity index (χ0v) is 7.08. The number of carbonyl (C=O) groups is 1. The molecule has 0 radical (unpaired) electrons. The highest BCUT2D eigenvalue weighted by Crippen LogP contribution is 2.12. The molecule has 0 saturated heterocycles. The van der Waals surface area contributed by atoms with Gasteiger partial charge >= 0.3 is 5.97 Å². The minimum atomic E-state index is -1.05. The second kappa shape index (κ2) is 4.18. The fraction of sp³-hybridized carbons (Fsp3) is 0. The summed E-state index contributed by atoms with van der Waals surface area (Å²) in [5.74, 6) is -1.05. The van der Waals surface area contributed by atoms with Crippen molar-refractivity contribution in [3.8, 4) is 0 Å². The molecule has 0 aliphatic carbocycles. The maximum atomic E-state index is 10.3. The molecule has 1 aromatic carbocycles. The van der Waals surface area contributed by atoms with Gasteiger partial charge in [-0.25, -0.2) is 4.79 Å². The summed E-state index contributed by atoms with van der Waals surface area (Å²) < 4.78 is 0. The third kappa shape index (κ3) is 2.71. The van der Waals surface area contributed by atoms with E-state index in [1.165, 1.54) is 30.3 Å². The van der Waals surface area contributed by atoms with Crippen molar-refractivity contribution in [1.82, 2.24) is 0 Å². The van der Waals surface area contributed by atoms with Crippen molar-refractivity contribution in [3.63, 3.8) is 0 Å². The van der Waals surface area contributed by atoms with Crippen LogP contribution in [0.1, 0.15) is 5.56 Å². The van der Waals surface area contributed by atoms with Crippen molar-refractivity contribution in [2.45, 2.75) is 0 Å². The predicted molar refractivity (Wildman–Crippen MR) is 49.8 cm³/mol. The number of nitro groups is 1. The van der Waals surface area contributed by atoms with E-state index in [4.69, 9.17) is 5.11 Å². The molecule has 0 aliphatic heterocycles. The van der Waals surface area contributed by atoms with Crippen LogP contribution in [0, 0.1) is 10.1 Å². The van der Waals surface area contributed by atoms with Gasteiger partial charge in [0, 0.05) is 18.2 Å². The highest BCUT2D eigenvalue weighted by molar-refractivity contribution is 5.85. The summed E-state index contributed by atoms with van der Waals surface area (Å²) in [5.41, 5.74) is 0.593. The van der Waals surface area contributed by atoms with Gasteiger partial charge in [-0.3, -0.25) is 10.1 Å². The average Bonchev–Trinajstić information content (AvgIpc) is 2.15. The second-order valence-corrected chi connectivity index (χ2v) is 2.52. The van der Waals surface area contributed by atoms with Gasteiger partial charge in [-0.2, -0.15) is 0 Å². The smallest absolute Gasteiger partial charge is 0.328 e. The van der Waals surface area contributed by atoms with Gasteiger partial charge in [0.1, 0.15) is 0 Å². The molecule has 0 unspecified atom stereocenters. The van der Waals surface area contributed by atoms with E-state index in [2.05, 4.69) is 0 Å². The number of benzene rings is 1. The molecule has 0 aliphatic rings. The monoisotopic (exact) mass is 193 g/mol. The van der Waals surface area contributed by atoms with Crippen molar-refractivity contribution in [2.24, 2.45) is 0 Å². The van der Waals surface area contributed by atoms with Crippen LogP contribution in [0.3, 0.4) is 0 Å². The van der Waals surface area contributed by atoms with E-state index in [0.717, 1.165) is 6.08 Å². The summed E-state index contributed by atoms with van der Waals surface area (Å²) in [5, 5.41) is 18.6. The molecule has 72 valence electrons. The normalized spacial score (nSPS) is 10.3. The first kappa shape index (κ1) is 9.91. The maximum absolute atomic E-state index is 10.3. The summed E-state index contributed by atoms with van der Waals surface area (Å²) in [6.45, 7) is 0. The summed E-state index contributed by atoms with van der Waals surface area (Å²) in [6.07, 6.45) is 2.34. The molecule has 0 amide bonds. The Labute approximate surface area is 79.4 Å². The van der Waals surface area contributed by atoms with Crippen LogP contribution in [0.2, 0.25) is 0 Å². The fourth-order valence-corrected chi connectivity index (χ4v) is 0.875. The Hall–Kier alpha value is -2.17. The molecule has 1 aromatic rings. The van der Waals surface area contributed by atoms with Gasteiger partial charge in [0.25, 0.3) is 5.69 Å². The highest BCUT2D eigenvalue weighted by Gasteiger charge is 2.02. The lowest BCUT2D eigenvalue weighted by Gasteiger charge is -1.92. The number of non-ortho nitro benzene ring substituents is 1. The topological polar surface area (TPSA) is 80.4 Å². The van der Waals surface area contributed by atoms with E-state index < -0.39 is 10.9 Å². The Morgan fingerprint density at radius 1 is 1.36 bits per heavy atom. The van der Waals surface area contributed by atoms with Crippen molar-refractivity contribution in [1.29, 1.82) is 0 Å². The zero-order chi connectivity index (χ0) is 10.6. The van der Waals surface area contributed by atoms with Crippen molar-refractivity contribution < 1.29 is 14.8 Å². The van der Waals surface area contributed by atoms with Crippen LogP contribution >= 0.6 is 0 Å². The first-order valence-electron chi connectivity index (χ1n) is 3.75. The number of nitro benzene ring substituents is 1. The van der Waals surface area contributed by atoms with Crippen LogP contribution in [-0.4, -0.2) is 16.0 Å². The predicted octanol–water partition coefficient (Wildman–Crippen LogP) is 1.69. The quantitative estimate of drug-likeness (QED) is 0.450. The van der Waals surface area contributed by atoms with Gasteiger partial charge in [0.05, 0.1) is 4.92 Å². The number of hydrogen-bond donors (Lipinski definition) is 1. The fourth-order valence-electron chi connectivity index (χ4n) is 0.875. The van der Waals surface area contributed by atoms with Crippen LogP contribution in [0.15, 0.2) is 30.3 Å². The van der Waals surface area contributed by atoms with Crippen LogP contribution < -0.4 is 0 Å². The van der Waals surface area contributed by atoms with Gasteiger partial charge < -0.3 is 5.11 Å². The van der Waals surface area contributed by atoms with Crippen molar-refractivity contribution >= 4 is 17.7 Å². The number of nitrogens with zero attached hydrogens (tertiary/aromatic N) is 1. The molecule has 1 rings (SSSR count). The molecule has 14 heavy (non-hydrogen) atoms. The molecule has 0 fully saturated rings. The van der Waals surface area contributed by atoms with Crippen molar-refractivity contribution in [3.05, 3.63) is 46.0 Å². The number of hydrogen-bond acceptors (Lipinski definition) is 3. The van der Waals surface area contributed by atoms with E-state index in [1.807, 2.05) is 0 Å². The summed E-state index contributed by atoms with van der Waals surface area (Å²) in [6, 6.07) is 5.61. The zero-order valence-electron chi connectivity index (χ0n) is 7.08. The Morgan fingerprint density at radius 3 is 2.36 bits per heavy atom. The molecular weight excluding hydrogens is 186 g/mol. The number of carboxylic acids is 1. The molecule has 5 nitrogen and oxygen atoms in total. The SMILES string of the molecule is O=C(O)/C=C/c1ccc([N+](=O)[O-])cc1. The largest absolute Gasteiger partial charge is 0.478 e. The molecule has 0 spiro atoms. The Bertz CT molecular complexity index is 380. The van der Waals surface area contributed by atoms with E-state index in [1.54, 1.807) is 0 Å². The molecule has 1 N–H and O–H groups in total. The number of aliphatic carboxylic acids is 1. The molecule has 0 heterocycles. The van der Waals surface area contributed by atoms with Gasteiger partial charge in [-0.1, -0.05) is 0 Å². The molecule has 0 atom stereocenters. The Kier molecular flexibility index (Phi) is 2.96. The molecular formula is C9H7NO4. The first-order valence-corrected chi connectivity index (χ1v) is 3.75. The molecule has 0 saturated carbocycles. The standard InChI is InChI=1S/C9H7NO4/c11-9(12)6-3-7-1-4-8(5-2-7)10(13)14/h1-6H,(H,11,12)/b6-3+. The first-order chi connectivity index (χ1) is 6.59. The second-order valence-electron chi connectivity index (χ2n) is 2.52. The van der Waals surface area contributed by atoms with Gasteiger partial charge in [0.15, 0.2) is 0 Å². The van der Waals surface area contributed by atoms with Crippen LogP contribution in [0.4, 0.5) is 5.69 Å². The van der Waals surface area contributed by atoms with Crippen LogP contribution in [0.5, 0.6) is 0 Å². The van der Waals surface area contributed by atoms with Gasteiger partial charge in [-0.05, 0) is 23.8 Å². The number of carboxylic acid groups (broad SMARTS) is 1. The summed E-state index contributed by atoms with van der Waals surface area (Å²) in [4.78, 5) is 19.9. The Balaban J connectivity index is 2.83. The molecule has 0 bridgehead atoms. The van der Waals surface area contributed by atoms with Gasteiger partial charge in [0.2, 0.25) is 0 Å². The lowest BCUT2D eigenvalue weighted by Crippen LogP contribution is -1.88. The van der Waals surface area contributed by atoms with E-state index in [9.17, 15) is 14.9 Å². The third-order valence-electron chi connectivity index (χ3n) is 1.52. The summed E-state index contributed by atoms with van der Waals surface area (Å²) in [7, 11) is 0. The maximum Gasteiger partial charge on any atom is 0.328 e. The minimum absolute atomic E-state index is 0.0162. The average molecular weight is 193 g/mol. The molecule has 5 heteroatoms. The minimum Gasteiger partial charge on any atom is -0.478 e. The lowest BCUT2D eigenvalue weighted by molar-refractivity contribution is -0.384. The lowest BCUT2D eigenvalue weighted by atomic mass is 10.2. The third-order valence-corrected chi connectivity index (χ3v) is 1.52. The van der Waals surface area contributed by atoms with E-state index in [-0.39, 0.29) is 5.69 Å². The van der Waals surface area contributed by atoms with E-state index in [0.29, 0.717) is 5.56 Å². The number of rotatable bonds is 3. The van der Waals surface area contributed by atoms with Crippen LogP contribution in [-0.2, 0) is 4.79 Å². The van der Waals surface area contributed by atoms with Crippen molar-refractivity contribution in [2.75, 3.05) is 0 Å².